The Morgan fingerprint density at radius 2 is 2.29 bits per heavy atom. The van der Waals surface area contributed by atoms with E-state index in [9.17, 15) is 4.79 Å². The van der Waals surface area contributed by atoms with E-state index in [0.717, 1.165) is 23.0 Å². The molecule has 0 radical (unpaired) electrons. The molecule has 1 aromatic heterocycles. The molecule has 1 aliphatic rings. The molecule has 0 bridgehead atoms. The Kier molecular flexibility index (Phi) is 2.73. The third kappa shape index (κ3) is 2.13. The second-order valence-corrected chi connectivity index (χ2v) is 5.18. The van der Waals surface area contributed by atoms with Crippen molar-refractivity contribution in [1.82, 2.24) is 0 Å². The summed E-state index contributed by atoms with van der Waals surface area (Å²) < 4.78 is 5.46. The van der Waals surface area contributed by atoms with Crippen molar-refractivity contribution < 1.29 is 9.21 Å². The second kappa shape index (κ2) is 4.37. The molecule has 1 aromatic carbocycles. The monoisotopic (exact) mass is 245 g/mol. The molecule has 1 fully saturated rings. The minimum Gasteiger partial charge on any atom is -0.462 e. The number of fused-ring (bicyclic) bond motifs is 1. The molecular weight excluding hydrogens is 234 g/mol. The van der Waals surface area contributed by atoms with Crippen molar-refractivity contribution in [2.45, 2.75) is 18.2 Å². The zero-order valence-electron chi connectivity index (χ0n) is 9.13. The van der Waals surface area contributed by atoms with E-state index in [1.54, 1.807) is 12.5 Å². The van der Waals surface area contributed by atoms with Crippen LogP contribution in [0.1, 0.15) is 18.6 Å². The van der Waals surface area contributed by atoms with Gasteiger partial charge >= 0.3 is 0 Å². The van der Waals surface area contributed by atoms with Crippen LogP contribution in [0.5, 0.6) is 0 Å². The van der Waals surface area contributed by atoms with Gasteiger partial charge in [0.05, 0.1) is 12.5 Å². The maximum atomic E-state index is 11.1. The first-order valence-electron chi connectivity index (χ1n) is 5.52. The Labute approximate surface area is 103 Å². The molecule has 1 unspecified atom stereocenters. The van der Waals surface area contributed by atoms with Crippen LogP contribution < -0.4 is 0 Å². The van der Waals surface area contributed by atoms with E-state index in [0.29, 0.717) is 6.42 Å². The van der Waals surface area contributed by atoms with Crippen molar-refractivity contribution in [3.63, 3.8) is 0 Å². The predicted molar refractivity (Wildman–Crippen MR) is 69.4 cm³/mol. The molecule has 3 rings (SSSR count). The molecule has 0 saturated carbocycles. The number of rotatable bonds is 2. The standard InChI is InChI=1S/C13H11NO2S/c15-13-6-5-12(17-13)14-7-11-10-4-2-1-3-9(10)8-16-11/h1-4,7-8,12H,5-6H2. The highest BCUT2D eigenvalue weighted by Gasteiger charge is 2.21. The fourth-order valence-corrected chi connectivity index (χ4v) is 2.78. The maximum absolute atomic E-state index is 11.1. The topological polar surface area (TPSA) is 42.6 Å². The summed E-state index contributed by atoms with van der Waals surface area (Å²) in [5.74, 6) is 0.764. The molecule has 3 nitrogen and oxygen atoms in total. The van der Waals surface area contributed by atoms with Gasteiger partial charge in [0, 0.05) is 17.2 Å². The van der Waals surface area contributed by atoms with Crippen molar-refractivity contribution in [3.8, 4) is 0 Å². The van der Waals surface area contributed by atoms with Gasteiger partial charge in [-0.3, -0.25) is 9.79 Å². The van der Waals surface area contributed by atoms with Crippen molar-refractivity contribution in [2.24, 2.45) is 4.99 Å². The highest BCUT2D eigenvalue weighted by molar-refractivity contribution is 8.14. The van der Waals surface area contributed by atoms with Gasteiger partial charge in [-0.05, 0) is 6.42 Å². The van der Waals surface area contributed by atoms with Crippen LogP contribution in [0.4, 0.5) is 0 Å². The summed E-state index contributed by atoms with van der Waals surface area (Å²) in [6.45, 7) is 0. The Balaban J connectivity index is 1.85. The molecule has 1 saturated heterocycles. The molecule has 4 heteroatoms. The number of nitrogens with zero attached hydrogens (tertiary/aromatic N) is 1. The van der Waals surface area contributed by atoms with Crippen LogP contribution in [-0.2, 0) is 4.79 Å². The normalized spacial score (nSPS) is 20.7. The Morgan fingerprint density at radius 3 is 3.12 bits per heavy atom. The van der Waals surface area contributed by atoms with Crippen molar-refractivity contribution in [2.75, 3.05) is 0 Å². The van der Waals surface area contributed by atoms with E-state index in [-0.39, 0.29) is 10.5 Å². The fraction of sp³-hybridized carbons (Fsp3) is 0.231. The van der Waals surface area contributed by atoms with Gasteiger partial charge in [-0.15, -0.1) is 0 Å². The zero-order valence-corrected chi connectivity index (χ0v) is 9.94. The number of hydrogen-bond donors (Lipinski definition) is 0. The molecule has 0 aliphatic carbocycles. The van der Waals surface area contributed by atoms with Crippen molar-refractivity contribution in [1.29, 1.82) is 0 Å². The number of thioether (sulfide) groups is 1. The van der Waals surface area contributed by atoms with E-state index < -0.39 is 0 Å². The van der Waals surface area contributed by atoms with Gasteiger partial charge in [-0.25, -0.2) is 0 Å². The van der Waals surface area contributed by atoms with Gasteiger partial charge in [0.25, 0.3) is 0 Å². The molecule has 0 spiro atoms. The van der Waals surface area contributed by atoms with E-state index in [1.165, 1.54) is 11.8 Å². The van der Waals surface area contributed by atoms with E-state index in [2.05, 4.69) is 4.99 Å². The lowest BCUT2D eigenvalue weighted by atomic mass is 10.2. The van der Waals surface area contributed by atoms with Gasteiger partial charge in [-0.2, -0.15) is 0 Å². The molecule has 1 aliphatic heterocycles. The van der Waals surface area contributed by atoms with Gasteiger partial charge < -0.3 is 4.42 Å². The lowest BCUT2D eigenvalue weighted by Gasteiger charge is -1.97. The smallest absolute Gasteiger partial charge is 0.191 e. The summed E-state index contributed by atoms with van der Waals surface area (Å²) in [6.07, 6.45) is 4.92. The third-order valence-corrected chi connectivity index (χ3v) is 3.86. The number of hydrogen-bond acceptors (Lipinski definition) is 4. The van der Waals surface area contributed by atoms with Gasteiger partial charge in [0.1, 0.15) is 5.37 Å². The summed E-state index contributed by atoms with van der Waals surface area (Å²) in [7, 11) is 0. The number of carbonyl (C=O) groups is 1. The number of furan rings is 1. The third-order valence-electron chi connectivity index (χ3n) is 2.76. The van der Waals surface area contributed by atoms with Gasteiger partial charge in [-0.1, -0.05) is 36.0 Å². The largest absolute Gasteiger partial charge is 0.462 e. The molecule has 2 heterocycles. The zero-order chi connectivity index (χ0) is 11.7. The van der Waals surface area contributed by atoms with Crippen LogP contribution in [0.2, 0.25) is 0 Å². The molecule has 0 N–H and O–H groups in total. The van der Waals surface area contributed by atoms with Crippen LogP contribution >= 0.6 is 11.8 Å². The minimum absolute atomic E-state index is 0.0614. The van der Waals surface area contributed by atoms with Crippen LogP contribution in [0, 0.1) is 0 Å². The fourth-order valence-electron chi connectivity index (χ4n) is 1.88. The summed E-state index contributed by atoms with van der Waals surface area (Å²) in [6, 6.07) is 7.96. The van der Waals surface area contributed by atoms with E-state index in [1.807, 2.05) is 24.3 Å². The maximum Gasteiger partial charge on any atom is 0.191 e. The highest BCUT2D eigenvalue weighted by atomic mass is 32.2. The first kappa shape index (κ1) is 10.6. The molecular formula is C13H11NO2S. The quantitative estimate of drug-likeness (QED) is 0.763. The SMILES string of the molecule is O=C1CCC(N=Cc2occ3ccccc23)S1. The molecule has 2 aromatic rings. The first-order valence-corrected chi connectivity index (χ1v) is 6.40. The first-order chi connectivity index (χ1) is 8.33. The van der Waals surface area contributed by atoms with Crippen LogP contribution in [0.25, 0.3) is 10.8 Å². The predicted octanol–water partition coefficient (Wildman–Crippen LogP) is 3.23. The minimum atomic E-state index is 0.0614. The van der Waals surface area contributed by atoms with Crippen molar-refractivity contribution in [3.05, 3.63) is 36.3 Å². The molecule has 86 valence electrons. The molecule has 17 heavy (non-hydrogen) atoms. The van der Waals surface area contributed by atoms with Gasteiger partial charge in [0.2, 0.25) is 0 Å². The van der Waals surface area contributed by atoms with E-state index >= 15 is 0 Å². The van der Waals surface area contributed by atoms with Crippen molar-refractivity contribution >= 4 is 33.9 Å². The Bertz CT molecular complexity index is 588. The summed E-state index contributed by atoms with van der Waals surface area (Å²) in [4.78, 5) is 15.5. The molecule has 0 amide bonds. The summed E-state index contributed by atoms with van der Waals surface area (Å²) >= 11 is 1.31. The van der Waals surface area contributed by atoms with Crippen LogP contribution in [0.15, 0.2) is 39.9 Å². The van der Waals surface area contributed by atoms with Crippen LogP contribution in [0.3, 0.4) is 0 Å². The average molecular weight is 245 g/mol. The summed E-state index contributed by atoms with van der Waals surface area (Å²) in [5.41, 5.74) is 0. The Morgan fingerprint density at radius 1 is 1.41 bits per heavy atom. The summed E-state index contributed by atoms with van der Waals surface area (Å²) in [5, 5.41) is 2.43. The van der Waals surface area contributed by atoms with E-state index in [4.69, 9.17) is 4.42 Å². The lowest BCUT2D eigenvalue weighted by molar-refractivity contribution is -0.110. The number of carbonyl (C=O) groups excluding carboxylic acids is 1. The average Bonchev–Trinajstić information content (AvgIpc) is 2.93. The number of benzene rings is 1. The highest BCUT2D eigenvalue weighted by Crippen LogP contribution is 2.29. The molecule has 1 atom stereocenters. The lowest BCUT2D eigenvalue weighted by Crippen LogP contribution is -1.91. The second-order valence-electron chi connectivity index (χ2n) is 3.95. The van der Waals surface area contributed by atoms with Crippen LogP contribution in [-0.4, -0.2) is 16.7 Å². The Hall–Kier alpha value is -1.55. The van der Waals surface area contributed by atoms with Gasteiger partial charge in [0.15, 0.2) is 10.9 Å². The number of aliphatic imine (C=N–C) groups is 1.